The van der Waals surface area contributed by atoms with Crippen molar-refractivity contribution in [3.8, 4) is 0 Å². The minimum Gasteiger partial charge on any atom is -0.356 e. The second-order valence-electron chi connectivity index (χ2n) is 7.08. The Labute approximate surface area is 172 Å². The number of aliphatic imine (C=N–C) groups is 1. The van der Waals surface area contributed by atoms with Crippen molar-refractivity contribution < 1.29 is 4.79 Å². The minimum atomic E-state index is 0.137. The maximum absolute atomic E-state index is 12.5. The van der Waals surface area contributed by atoms with Gasteiger partial charge in [0.1, 0.15) is 5.82 Å². The van der Waals surface area contributed by atoms with Gasteiger partial charge in [-0.3, -0.25) is 9.79 Å². The molecule has 0 aliphatic carbocycles. The summed E-state index contributed by atoms with van der Waals surface area (Å²) in [6, 6.07) is 16.3. The fourth-order valence-electron chi connectivity index (χ4n) is 3.40. The van der Waals surface area contributed by atoms with Crippen LogP contribution in [0.1, 0.15) is 24.9 Å². The molecule has 0 spiro atoms. The number of guanidine groups is 1. The Morgan fingerprint density at radius 3 is 2.48 bits per heavy atom. The quantitative estimate of drug-likeness (QED) is 0.580. The Bertz CT molecular complexity index is 787. The van der Waals surface area contributed by atoms with Crippen molar-refractivity contribution in [1.82, 2.24) is 20.5 Å². The smallest absolute Gasteiger partial charge is 0.224 e. The van der Waals surface area contributed by atoms with Crippen LogP contribution >= 0.6 is 0 Å². The molecule has 0 radical (unpaired) electrons. The Morgan fingerprint density at radius 2 is 1.83 bits per heavy atom. The number of piperazine rings is 1. The van der Waals surface area contributed by atoms with Gasteiger partial charge in [0.15, 0.2) is 5.96 Å². The van der Waals surface area contributed by atoms with Crippen LogP contribution in [0.15, 0.2) is 59.7 Å². The van der Waals surface area contributed by atoms with Crippen LogP contribution in [-0.2, 0) is 4.79 Å². The van der Waals surface area contributed by atoms with Crippen LogP contribution in [0.3, 0.4) is 0 Å². The summed E-state index contributed by atoms with van der Waals surface area (Å²) in [4.78, 5) is 25.4. The predicted octanol–water partition coefficient (Wildman–Crippen LogP) is 2.05. The standard InChI is InChI=1S/C22H30N6O/c1-18(19-8-4-3-5-9-19)26-22(23-2)25-13-11-21(29)28-16-14-27(15-17-28)20-10-6-7-12-24-20/h3-10,12,18H,11,13-17H2,1-2H3,(H2,23,25,26). The Kier molecular flexibility index (Phi) is 7.44. The molecular weight excluding hydrogens is 364 g/mol. The average molecular weight is 395 g/mol. The molecule has 1 amide bonds. The second-order valence-corrected chi connectivity index (χ2v) is 7.08. The van der Waals surface area contributed by atoms with E-state index in [0.29, 0.717) is 18.9 Å². The first-order chi connectivity index (χ1) is 14.2. The third-order valence-corrected chi connectivity index (χ3v) is 5.11. The molecule has 154 valence electrons. The number of amides is 1. The van der Waals surface area contributed by atoms with E-state index >= 15 is 0 Å². The molecule has 1 atom stereocenters. The molecule has 2 heterocycles. The fourth-order valence-corrected chi connectivity index (χ4v) is 3.40. The van der Waals surface area contributed by atoms with E-state index in [1.54, 1.807) is 13.2 Å². The molecule has 2 N–H and O–H groups in total. The zero-order valence-corrected chi connectivity index (χ0v) is 17.2. The number of pyridine rings is 1. The molecule has 1 aromatic heterocycles. The summed E-state index contributed by atoms with van der Waals surface area (Å²) in [5.74, 6) is 1.85. The Hall–Kier alpha value is -3.09. The van der Waals surface area contributed by atoms with Crippen molar-refractivity contribution in [1.29, 1.82) is 0 Å². The Morgan fingerprint density at radius 1 is 1.10 bits per heavy atom. The molecule has 7 nitrogen and oxygen atoms in total. The van der Waals surface area contributed by atoms with Crippen LogP contribution in [0.5, 0.6) is 0 Å². The third kappa shape index (κ3) is 5.94. The van der Waals surface area contributed by atoms with E-state index in [9.17, 15) is 4.79 Å². The first-order valence-corrected chi connectivity index (χ1v) is 10.1. The molecule has 1 aliphatic rings. The van der Waals surface area contributed by atoms with E-state index in [1.807, 2.05) is 41.3 Å². The van der Waals surface area contributed by atoms with E-state index < -0.39 is 0 Å². The summed E-state index contributed by atoms with van der Waals surface area (Å²) in [5, 5.41) is 6.61. The maximum atomic E-state index is 12.5. The zero-order valence-electron chi connectivity index (χ0n) is 17.2. The lowest BCUT2D eigenvalue weighted by Crippen LogP contribution is -2.49. The molecule has 1 fully saturated rings. The maximum Gasteiger partial charge on any atom is 0.224 e. The molecule has 7 heteroatoms. The highest BCUT2D eigenvalue weighted by Crippen LogP contribution is 2.13. The summed E-state index contributed by atoms with van der Waals surface area (Å²) in [6.45, 7) is 5.73. The third-order valence-electron chi connectivity index (χ3n) is 5.11. The van der Waals surface area contributed by atoms with Crippen LogP contribution in [0.2, 0.25) is 0 Å². The Balaban J connectivity index is 1.39. The predicted molar refractivity (Wildman–Crippen MR) is 117 cm³/mol. The minimum absolute atomic E-state index is 0.137. The summed E-state index contributed by atoms with van der Waals surface area (Å²) in [5.41, 5.74) is 1.19. The van der Waals surface area contributed by atoms with Gasteiger partial charge in [0.05, 0.1) is 6.04 Å². The van der Waals surface area contributed by atoms with Gasteiger partial charge in [0.25, 0.3) is 0 Å². The largest absolute Gasteiger partial charge is 0.356 e. The molecule has 1 unspecified atom stereocenters. The van der Waals surface area contributed by atoms with Crippen molar-refractivity contribution in [3.05, 3.63) is 60.3 Å². The van der Waals surface area contributed by atoms with Crippen molar-refractivity contribution in [3.63, 3.8) is 0 Å². The molecule has 0 saturated carbocycles. The number of rotatable bonds is 6. The van der Waals surface area contributed by atoms with Gasteiger partial charge in [-0.1, -0.05) is 36.4 Å². The lowest BCUT2D eigenvalue weighted by molar-refractivity contribution is -0.131. The molecule has 1 aliphatic heterocycles. The van der Waals surface area contributed by atoms with Crippen molar-refractivity contribution in [2.75, 3.05) is 44.7 Å². The number of nitrogens with zero attached hydrogens (tertiary/aromatic N) is 4. The topological polar surface area (TPSA) is 72.9 Å². The molecular formula is C22H30N6O. The molecule has 3 rings (SSSR count). The average Bonchev–Trinajstić information content (AvgIpc) is 2.79. The van der Waals surface area contributed by atoms with Crippen molar-refractivity contribution in [2.45, 2.75) is 19.4 Å². The first kappa shape index (κ1) is 20.6. The molecule has 1 saturated heterocycles. The van der Waals surface area contributed by atoms with Crippen LogP contribution in [0.4, 0.5) is 5.82 Å². The molecule has 2 aromatic rings. The molecule has 0 bridgehead atoms. The van der Waals surface area contributed by atoms with Crippen LogP contribution < -0.4 is 15.5 Å². The highest BCUT2D eigenvalue weighted by atomic mass is 16.2. The fraction of sp³-hybridized carbons (Fsp3) is 0.409. The van der Waals surface area contributed by atoms with E-state index in [-0.39, 0.29) is 11.9 Å². The summed E-state index contributed by atoms with van der Waals surface area (Å²) < 4.78 is 0. The highest BCUT2D eigenvalue weighted by molar-refractivity contribution is 5.81. The van der Waals surface area contributed by atoms with Crippen molar-refractivity contribution in [2.24, 2.45) is 4.99 Å². The lowest BCUT2D eigenvalue weighted by atomic mass is 10.1. The van der Waals surface area contributed by atoms with Crippen molar-refractivity contribution >= 4 is 17.7 Å². The van der Waals surface area contributed by atoms with Gasteiger partial charge >= 0.3 is 0 Å². The lowest BCUT2D eigenvalue weighted by Gasteiger charge is -2.35. The van der Waals surface area contributed by atoms with Gasteiger partial charge in [-0.2, -0.15) is 0 Å². The van der Waals surface area contributed by atoms with E-state index in [0.717, 1.165) is 32.0 Å². The zero-order chi connectivity index (χ0) is 20.5. The van der Waals surface area contributed by atoms with Crippen LogP contribution in [0, 0.1) is 0 Å². The van der Waals surface area contributed by atoms with Gasteiger partial charge in [0.2, 0.25) is 5.91 Å². The number of hydrogen-bond acceptors (Lipinski definition) is 4. The summed E-state index contributed by atoms with van der Waals surface area (Å²) in [7, 11) is 1.74. The number of carbonyl (C=O) groups excluding carboxylic acids is 1. The van der Waals surface area contributed by atoms with Gasteiger partial charge < -0.3 is 20.4 Å². The van der Waals surface area contributed by atoms with E-state index in [2.05, 4.69) is 44.6 Å². The monoisotopic (exact) mass is 394 g/mol. The van der Waals surface area contributed by atoms with Crippen LogP contribution in [-0.4, -0.2) is 61.5 Å². The van der Waals surface area contributed by atoms with E-state index in [4.69, 9.17) is 0 Å². The highest BCUT2D eigenvalue weighted by Gasteiger charge is 2.21. The number of benzene rings is 1. The molecule has 29 heavy (non-hydrogen) atoms. The number of aromatic nitrogens is 1. The number of hydrogen-bond donors (Lipinski definition) is 2. The number of anilines is 1. The van der Waals surface area contributed by atoms with Crippen LogP contribution in [0.25, 0.3) is 0 Å². The van der Waals surface area contributed by atoms with Gasteiger partial charge in [-0.25, -0.2) is 4.98 Å². The van der Waals surface area contributed by atoms with Gasteiger partial charge in [-0.15, -0.1) is 0 Å². The SMILES string of the molecule is CN=C(NCCC(=O)N1CCN(c2ccccn2)CC1)NC(C)c1ccccc1. The number of nitrogens with one attached hydrogen (secondary N) is 2. The number of carbonyl (C=O) groups is 1. The van der Waals surface area contributed by atoms with E-state index in [1.165, 1.54) is 5.56 Å². The normalized spacial score (nSPS) is 15.7. The molecule has 1 aromatic carbocycles. The first-order valence-electron chi connectivity index (χ1n) is 10.1. The summed E-state index contributed by atoms with van der Waals surface area (Å²) >= 11 is 0. The second kappa shape index (κ2) is 10.5. The van der Waals surface area contributed by atoms with Gasteiger partial charge in [-0.05, 0) is 24.6 Å². The van der Waals surface area contributed by atoms with Gasteiger partial charge in [0, 0.05) is 52.4 Å². The summed E-state index contributed by atoms with van der Waals surface area (Å²) in [6.07, 6.45) is 2.25.